The predicted molar refractivity (Wildman–Crippen MR) is 57.6 cm³/mol. The van der Waals surface area contributed by atoms with Gasteiger partial charge >= 0.3 is 5.97 Å². The lowest BCUT2D eigenvalue weighted by molar-refractivity contribution is -0.932. The van der Waals surface area contributed by atoms with Gasteiger partial charge in [0.25, 0.3) is 0 Å². The summed E-state index contributed by atoms with van der Waals surface area (Å²) in [5.74, 6) is -0.347. The summed E-state index contributed by atoms with van der Waals surface area (Å²) >= 11 is 0. The molecule has 0 rings (SSSR count). The molecule has 14 heavy (non-hydrogen) atoms. The highest BCUT2D eigenvalue weighted by molar-refractivity contribution is 5.81. The second kappa shape index (κ2) is 5.81. The van der Waals surface area contributed by atoms with E-state index >= 15 is 0 Å². The Kier molecular flexibility index (Phi) is 5.46. The van der Waals surface area contributed by atoms with Crippen molar-refractivity contribution in [3.05, 3.63) is 12.7 Å². The number of esters is 1. The minimum atomic E-state index is -0.347. The van der Waals surface area contributed by atoms with Crippen LogP contribution in [0.15, 0.2) is 12.7 Å². The number of unbranched alkanes of at least 4 members (excludes halogenated alkanes) is 1. The SMILES string of the molecule is C=CC(=O)OC(C)[N+](C)(C)CCCC. The highest BCUT2D eigenvalue weighted by Crippen LogP contribution is 2.10. The van der Waals surface area contributed by atoms with Gasteiger partial charge in [-0.25, -0.2) is 4.79 Å². The van der Waals surface area contributed by atoms with E-state index in [9.17, 15) is 4.79 Å². The molecule has 0 heterocycles. The van der Waals surface area contributed by atoms with Crippen LogP contribution in [0, 0.1) is 0 Å². The molecule has 0 bridgehead atoms. The molecule has 0 aromatic rings. The molecule has 0 amide bonds. The number of carbonyl (C=O) groups is 1. The summed E-state index contributed by atoms with van der Waals surface area (Å²) < 4.78 is 5.88. The van der Waals surface area contributed by atoms with E-state index in [1.54, 1.807) is 0 Å². The van der Waals surface area contributed by atoms with Crippen LogP contribution in [0.5, 0.6) is 0 Å². The maximum atomic E-state index is 11.0. The molecule has 3 heteroatoms. The van der Waals surface area contributed by atoms with Gasteiger partial charge in [0.15, 0.2) is 0 Å². The minimum Gasteiger partial charge on any atom is -0.410 e. The van der Waals surface area contributed by atoms with Crippen molar-refractivity contribution < 1.29 is 14.0 Å². The maximum absolute atomic E-state index is 11.0. The van der Waals surface area contributed by atoms with E-state index < -0.39 is 0 Å². The van der Waals surface area contributed by atoms with Crippen molar-refractivity contribution in [2.45, 2.75) is 32.9 Å². The van der Waals surface area contributed by atoms with Crippen molar-refractivity contribution in [3.63, 3.8) is 0 Å². The summed E-state index contributed by atoms with van der Waals surface area (Å²) in [4.78, 5) is 11.0. The number of hydrogen-bond donors (Lipinski definition) is 0. The largest absolute Gasteiger partial charge is 0.410 e. The lowest BCUT2D eigenvalue weighted by Gasteiger charge is -2.34. The molecular weight excluding hydrogens is 178 g/mol. The second-order valence-corrected chi connectivity index (χ2v) is 4.10. The van der Waals surface area contributed by atoms with Gasteiger partial charge in [-0.1, -0.05) is 19.9 Å². The fourth-order valence-electron chi connectivity index (χ4n) is 1.11. The Labute approximate surface area is 86.9 Å². The molecule has 0 aromatic heterocycles. The smallest absolute Gasteiger partial charge is 0.334 e. The molecule has 0 aliphatic rings. The topological polar surface area (TPSA) is 26.3 Å². The van der Waals surface area contributed by atoms with E-state index in [1.165, 1.54) is 6.08 Å². The van der Waals surface area contributed by atoms with Crippen molar-refractivity contribution in [1.29, 1.82) is 0 Å². The number of hydrogen-bond acceptors (Lipinski definition) is 2. The normalized spacial score (nSPS) is 13.4. The van der Waals surface area contributed by atoms with Crippen molar-refractivity contribution >= 4 is 5.97 Å². The van der Waals surface area contributed by atoms with Crippen LogP contribution in [0.1, 0.15) is 26.7 Å². The third-order valence-corrected chi connectivity index (χ3v) is 2.53. The summed E-state index contributed by atoms with van der Waals surface area (Å²) in [6.45, 7) is 8.46. The molecule has 0 aromatic carbocycles. The Morgan fingerprint density at radius 1 is 1.57 bits per heavy atom. The van der Waals surface area contributed by atoms with E-state index in [2.05, 4.69) is 27.6 Å². The highest BCUT2D eigenvalue weighted by atomic mass is 16.6. The van der Waals surface area contributed by atoms with Crippen LogP contribution in [-0.4, -0.2) is 37.3 Å². The van der Waals surface area contributed by atoms with Crippen LogP contribution in [-0.2, 0) is 9.53 Å². The monoisotopic (exact) mass is 200 g/mol. The van der Waals surface area contributed by atoms with Gasteiger partial charge in [0.2, 0.25) is 6.23 Å². The zero-order valence-corrected chi connectivity index (χ0v) is 9.75. The van der Waals surface area contributed by atoms with Gasteiger partial charge in [-0.2, -0.15) is 0 Å². The van der Waals surface area contributed by atoms with E-state index in [-0.39, 0.29) is 12.2 Å². The number of quaternary nitrogens is 1. The molecular formula is C11H22NO2+. The first-order chi connectivity index (χ1) is 6.44. The quantitative estimate of drug-likeness (QED) is 0.283. The Bertz CT molecular complexity index is 199. The third-order valence-electron chi connectivity index (χ3n) is 2.53. The summed E-state index contributed by atoms with van der Waals surface area (Å²) in [5.41, 5.74) is 0. The Balaban J connectivity index is 4.12. The second-order valence-electron chi connectivity index (χ2n) is 4.10. The minimum absolute atomic E-state index is 0.118. The molecule has 82 valence electrons. The Hall–Kier alpha value is -0.830. The van der Waals surface area contributed by atoms with Gasteiger partial charge in [0.05, 0.1) is 20.6 Å². The van der Waals surface area contributed by atoms with Crippen molar-refractivity contribution in [2.24, 2.45) is 0 Å². The average Bonchev–Trinajstić information content (AvgIpc) is 2.14. The highest BCUT2D eigenvalue weighted by Gasteiger charge is 2.25. The summed E-state index contributed by atoms with van der Waals surface area (Å²) in [7, 11) is 4.13. The molecule has 0 fully saturated rings. The summed E-state index contributed by atoms with van der Waals surface area (Å²) in [6, 6.07) is 0. The molecule has 0 radical (unpaired) electrons. The molecule has 1 unspecified atom stereocenters. The maximum Gasteiger partial charge on any atom is 0.334 e. The number of nitrogens with zero attached hydrogens (tertiary/aromatic N) is 1. The van der Waals surface area contributed by atoms with Crippen LogP contribution >= 0.6 is 0 Å². The van der Waals surface area contributed by atoms with Gasteiger partial charge in [-0.3, -0.25) is 4.48 Å². The van der Waals surface area contributed by atoms with Gasteiger partial charge in [-0.05, 0) is 6.42 Å². The number of carbonyl (C=O) groups excluding carboxylic acids is 1. The fourth-order valence-corrected chi connectivity index (χ4v) is 1.11. The van der Waals surface area contributed by atoms with Crippen LogP contribution in [0.25, 0.3) is 0 Å². The lowest BCUT2D eigenvalue weighted by Crippen LogP contribution is -2.49. The molecule has 0 saturated carbocycles. The molecule has 0 N–H and O–H groups in total. The molecule has 0 aliphatic heterocycles. The van der Waals surface area contributed by atoms with E-state index in [4.69, 9.17) is 4.74 Å². The molecule has 0 aliphatic carbocycles. The average molecular weight is 200 g/mol. The molecule has 3 nitrogen and oxygen atoms in total. The number of rotatable bonds is 6. The number of ether oxygens (including phenoxy) is 1. The molecule has 0 saturated heterocycles. The van der Waals surface area contributed by atoms with Crippen LogP contribution in [0.4, 0.5) is 0 Å². The van der Waals surface area contributed by atoms with Crippen molar-refractivity contribution in [3.8, 4) is 0 Å². The van der Waals surface area contributed by atoms with E-state index in [1.807, 2.05) is 6.92 Å². The standard InChI is InChI=1S/C11H22NO2/c1-6-8-9-12(4,5)10(3)14-11(13)7-2/h7,10H,2,6,8-9H2,1,3-5H3/q+1. The van der Waals surface area contributed by atoms with Gasteiger partial charge in [0, 0.05) is 13.0 Å². The van der Waals surface area contributed by atoms with E-state index in [0.717, 1.165) is 19.4 Å². The van der Waals surface area contributed by atoms with E-state index in [0.29, 0.717) is 4.48 Å². The molecule has 0 spiro atoms. The van der Waals surface area contributed by atoms with Crippen LogP contribution in [0.2, 0.25) is 0 Å². The Morgan fingerprint density at radius 3 is 2.57 bits per heavy atom. The first kappa shape index (κ1) is 13.2. The van der Waals surface area contributed by atoms with Crippen molar-refractivity contribution in [1.82, 2.24) is 0 Å². The molecule has 1 atom stereocenters. The van der Waals surface area contributed by atoms with Gasteiger partial charge < -0.3 is 4.74 Å². The van der Waals surface area contributed by atoms with Crippen molar-refractivity contribution in [2.75, 3.05) is 20.6 Å². The lowest BCUT2D eigenvalue weighted by atomic mass is 10.3. The summed E-state index contributed by atoms with van der Waals surface area (Å²) in [5, 5.41) is 0. The van der Waals surface area contributed by atoms with Crippen LogP contribution < -0.4 is 0 Å². The first-order valence-corrected chi connectivity index (χ1v) is 5.09. The third kappa shape index (κ3) is 4.42. The van der Waals surface area contributed by atoms with Gasteiger partial charge in [0.1, 0.15) is 0 Å². The predicted octanol–water partition coefficient (Wildman–Crippen LogP) is 1.94. The zero-order valence-electron chi connectivity index (χ0n) is 9.75. The summed E-state index contributed by atoms with van der Waals surface area (Å²) in [6.07, 6.45) is 3.38. The fraction of sp³-hybridized carbons (Fsp3) is 0.727. The van der Waals surface area contributed by atoms with Crippen LogP contribution in [0.3, 0.4) is 0 Å². The first-order valence-electron chi connectivity index (χ1n) is 5.09. The Morgan fingerprint density at radius 2 is 2.14 bits per heavy atom. The van der Waals surface area contributed by atoms with Gasteiger partial charge in [-0.15, -0.1) is 0 Å². The zero-order chi connectivity index (χ0) is 11.2.